The molecule has 9 nitrogen and oxygen atoms in total. The standard InChI is InChI=1S/C22H24F3N7O2SSe/c1-21(2-3-21)29-35-14-10-12(30-6-8-31(9-7-30)20(33)22(34)4-5-22)13-11-26-17(32(13)16(14)25)19-28-27-18(36-19)15(23)24/h10-11,15,29,34H,2-9H2,1H3. The number of anilines is 1. The molecule has 2 N–H and O–H groups in total. The molecule has 14 heteroatoms. The number of fused-ring (bicyclic) bond motifs is 1. The van der Waals surface area contributed by atoms with Crippen LogP contribution in [0, 0.1) is 5.95 Å². The number of hydrogen-bond donors (Lipinski definition) is 2. The average Bonchev–Trinajstić information content (AvgIpc) is 3.65. The van der Waals surface area contributed by atoms with Crippen molar-refractivity contribution in [3.63, 3.8) is 0 Å². The Hall–Kier alpha value is -2.12. The molecule has 3 aromatic rings. The fraction of sp³-hybridized carbons (Fsp3) is 0.545. The van der Waals surface area contributed by atoms with Gasteiger partial charge < -0.3 is 0 Å². The van der Waals surface area contributed by atoms with Gasteiger partial charge in [0, 0.05) is 0 Å². The van der Waals surface area contributed by atoms with Gasteiger partial charge in [0.05, 0.1) is 0 Å². The molecule has 3 fully saturated rings. The zero-order chi connectivity index (χ0) is 25.2. The van der Waals surface area contributed by atoms with Gasteiger partial charge in [-0.3, -0.25) is 0 Å². The Balaban J connectivity index is 1.35. The summed E-state index contributed by atoms with van der Waals surface area (Å²) in [5.41, 5.74) is -0.0199. The van der Waals surface area contributed by atoms with E-state index in [1.54, 1.807) is 11.0 Å². The number of aromatic nitrogens is 4. The van der Waals surface area contributed by atoms with E-state index in [2.05, 4.69) is 31.7 Å². The van der Waals surface area contributed by atoms with Gasteiger partial charge in [0.2, 0.25) is 0 Å². The Morgan fingerprint density at radius 1 is 1.19 bits per heavy atom. The SMILES string of the molecule is CC1(NSc2cc(N3CCN(C(=O)C4(O)CC4)CC3)c3cnc(-c4nnc(C(F)F)[se]4)n3c2F)CC1. The molecule has 2 saturated carbocycles. The van der Waals surface area contributed by atoms with E-state index in [1.165, 1.54) is 22.5 Å². The summed E-state index contributed by atoms with van der Waals surface area (Å²) in [5, 5.41) is 17.7. The number of carbonyl (C=O) groups excluding carboxylic acids is 1. The van der Waals surface area contributed by atoms with E-state index < -0.39 is 32.5 Å². The summed E-state index contributed by atoms with van der Waals surface area (Å²) in [7, 11) is 0. The van der Waals surface area contributed by atoms with Crippen LogP contribution in [-0.4, -0.2) is 87.3 Å². The number of amides is 1. The van der Waals surface area contributed by atoms with Gasteiger partial charge in [0.25, 0.3) is 0 Å². The predicted molar refractivity (Wildman–Crippen MR) is 128 cm³/mol. The molecule has 0 atom stereocenters. The molecule has 2 aliphatic carbocycles. The third-order valence-electron chi connectivity index (χ3n) is 6.95. The van der Waals surface area contributed by atoms with Gasteiger partial charge in [-0.1, -0.05) is 0 Å². The van der Waals surface area contributed by atoms with Gasteiger partial charge in [-0.05, 0) is 0 Å². The van der Waals surface area contributed by atoms with Crippen molar-refractivity contribution in [1.29, 1.82) is 0 Å². The molecular weight excluding hydrogens is 562 g/mol. The van der Waals surface area contributed by atoms with Crippen molar-refractivity contribution in [2.75, 3.05) is 31.1 Å². The third kappa shape index (κ3) is 4.32. The first-order valence-electron chi connectivity index (χ1n) is 11.7. The Bertz CT molecular complexity index is 1330. The average molecular weight is 587 g/mol. The van der Waals surface area contributed by atoms with Crippen LogP contribution in [0.3, 0.4) is 0 Å². The van der Waals surface area contributed by atoms with Crippen LogP contribution >= 0.6 is 11.9 Å². The van der Waals surface area contributed by atoms with Gasteiger partial charge >= 0.3 is 215 Å². The number of rotatable bonds is 7. The summed E-state index contributed by atoms with van der Waals surface area (Å²) in [6.07, 6.45) is 1.82. The number of nitrogens with one attached hydrogen (secondary N) is 1. The van der Waals surface area contributed by atoms with E-state index in [1.807, 2.05) is 0 Å². The van der Waals surface area contributed by atoms with E-state index in [0.717, 1.165) is 18.5 Å². The summed E-state index contributed by atoms with van der Waals surface area (Å²) < 4.78 is 46.8. The number of imidazole rings is 1. The van der Waals surface area contributed by atoms with Crippen LogP contribution in [0.4, 0.5) is 18.9 Å². The number of piperazine rings is 1. The van der Waals surface area contributed by atoms with Crippen molar-refractivity contribution < 1.29 is 23.1 Å². The van der Waals surface area contributed by atoms with Crippen molar-refractivity contribution in [3.05, 3.63) is 22.8 Å². The molecule has 1 saturated heterocycles. The van der Waals surface area contributed by atoms with Gasteiger partial charge in [0.15, 0.2) is 0 Å². The molecule has 36 heavy (non-hydrogen) atoms. The number of pyridine rings is 1. The van der Waals surface area contributed by atoms with Crippen LogP contribution in [0.15, 0.2) is 17.2 Å². The fourth-order valence-corrected chi connectivity index (χ4v) is 6.58. The predicted octanol–water partition coefficient (Wildman–Crippen LogP) is 2.25. The van der Waals surface area contributed by atoms with Gasteiger partial charge in [0.1, 0.15) is 0 Å². The van der Waals surface area contributed by atoms with Crippen molar-refractivity contribution in [2.24, 2.45) is 0 Å². The number of carbonyl (C=O) groups is 1. The number of alkyl halides is 2. The molecule has 0 spiro atoms. The second-order valence-corrected chi connectivity index (χ2v) is 12.8. The second kappa shape index (κ2) is 8.73. The zero-order valence-corrected chi connectivity index (χ0v) is 21.9. The van der Waals surface area contributed by atoms with E-state index in [0.29, 0.717) is 49.4 Å². The number of nitrogens with zero attached hydrogens (tertiary/aromatic N) is 6. The number of aliphatic hydroxyl groups is 1. The summed E-state index contributed by atoms with van der Waals surface area (Å²) in [6, 6.07) is 1.77. The van der Waals surface area contributed by atoms with Crippen molar-refractivity contribution >= 4 is 43.6 Å². The molecule has 0 unspecified atom stereocenters. The molecule has 192 valence electrons. The molecular formula is C22H24F3N7O2SSe. The van der Waals surface area contributed by atoms with Crippen LogP contribution in [-0.2, 0) is 4.79 Å². The van der Waals surface area contributed by atoms with Gasteiger partial charge in [-0.25, -0.2) is 0 Å². The summed E-state index contributed by atoms with van der Waals surface area (Å²) in [4.78, 5) is 21.0. The topological polar surface area (TPSA) is 98.9 Å². The van der Waals surface area contributed by atoms with Crippen LogP contribution in [0.2, 0.25) is 0 Å². The van der Waals surface area contributed by atoms with E-state index in [-0.39, 0.29) is 26.4 Å². The van der Waals surface area contributed by atoms with Crippen LogP contribution < -0.4 is 9.62 Å². The summed E-state index contributed by atoms with van der Waals surface area (Å²) in [5.74, 6) is -0.600. The molecule has 4 heterocycles. The molecule has 1 amide bonds. The van der Waals surface area contributed by atoms with Crippen LogP contribution in [0.5, 0.6) is 0 Å². The normalized spacial score (nSPS) is 20.4. The fourth-order valence-electron chi connectivity index (χ4n) is 4.23. The first-order valence-corrected chi connectivity index (χ1v) is 14.2. The van der Waals surface area contributed by atoms with Gasteiger partial charge in [-0.15, -0.1) is 0 Å². The Labute approximate surface area is 214 Å². The second-order valence-electron chi connectivity index (χ2n) is 9.81. The maximum atomic E-state index is 15.9. The Morgan fingerprint density at radius 2 is 1.92 bits per heavy atom. The molecule has 1 aliphatic heterocycles. The van der Waals surface area contributed by atoms with Gasteiger partial charge in [-0.2, -0.15) is 0 Å². The summed E-state index contributed by atoms with van der Waals surface area (Å²) >= 11 is 0.358. The van der Waals surface area contributed by atoms with Crippen LogP contribution in [0.25, 0.3) is 15.9 Å². The van der Waals surface area contributed by atoms with Crippen LogP contribution in [0.1, 0.15) is 43.6 Å². The van der Waals surface area contributed by atoms with Crippen molar-refractivity contribution in [1.82, 2.24) is 29.2 Å². The molecule has 0 aromatic carbocycles. The molecule has 3 aliphatic rings. The molecule has 0 bridgehead atoms. The molecule has 3 aromatic heterocycles. The minimum atomic E-state index is -2.71. The molecule has 0 radical (unpaired) electrons. The monoisotopic (exact) mass is 587 g/mol. The Kier molecular flexibility index (Phi) is 5.87. The third-order valence-corrected chi connectivity index (χ3v) is 9.99. The first-order chi connectivity index (χ1) is 17.2. The maximum absolute atomic E-state index is 15.9. The van der Waals surface area contributed by atoms with E-state index in [4.69, 9.17) is 0 Å². The zero-order valence-electron chi connectivity index (χ0n) is 19.4. The minimum absolute atomic E-state index is 0.0440. The first kappa shape index (κ1) is 24.2. The van der Waals surface area contributed by atoms with Crippen molar-refractivity contribution in [2.45, 2.75) is 55.1 Å². The summed E-state index contributed by atoms with van der Waals surface area (Å²) in [6.45, 7) is 3.95. The van der Waals surface area contributed by atoms with E-state index >= 15 is 4.39 Å². The number of hydrogen-bond acceptors (Lipinski definition) is 8. The quantitative estimate of drug-likeness (QED) is 0.247. The number of halogens is 3. The van der Waals surface area contributed by atoms with E-state index in [9.17, 15) is 18.7 Å². The molecule has 6 rings (SSSR count). The van der Waals surface area contributed by atoms with Crippen molar-refractivity contribution in [3.8, 4) is 10.4 Å². The Morgan fingerprint density at radius 3 is 2.53 bits per heavy atom.